The van der Waals surface area contributed by atoms with Crippen LogP contribution in [0, 0.1) is 0 Å². The van der Waals surface area contributed by atoms with Gasteiger partial charge < -0.3 is 4.74 Å². The topological polar surface area (TPSA) is 9.23 Å². The highest BCUT2D eigenvalue weighted by Gasteiger charge is 2.34. The summed E-state index contributed by atoms with van der Waals surface area (Å²) in [6, 6.07) is 12.1. The van der Waals surface area contributed by atoms with E-state index in [1.807, 2.05) is 24.3 Å². The van der Waals surface area contributed by atoms with Crippen molar-refractivity contribution in [1.29, 1.82) is 0 Å². The number of fused-ring (bicyclic) bond motifs is 2. The van der Waals surface area contributed by atoms with Gasteiger partial charge in [-0.25, -0.2) is 0 Å². The van der Waals surface area contributed by atoms with Crippen molar-refractivity contribution >= 4 is 25.3 Å². The molecular weight excluding hydrogens is 260 g/mol. The third-order valence-electron chi connectivity index (χ3n) is 3.50. The zero-order valence-corrected chi connectivity index (χ0v) is 12.1. The third-order valence-corrected chi connectivity index (χ3v) is 4.05. The minimum Gasteiger partial charge on any atom is -0.457 e. The molecule has 0 unspecified atom stereocenters. The summed E-state index contributed by atoms with van der Waals surface area (Å²) in [4.78, 5) is 1.82. The van der Waals surface area contributed by atoms with Gasteiger partial charge in [-0.05, 0) is 24.3 Å². The average Bonchev–Trinajstić information content (AvgIpc) is 2.27. The molecule has 2 aromatic rings. The van der Waals surface area contributed by atoms with Crippen LogP contribution in [0.2, 0.25) is 0 Å². The normalized spacial score (nSPS) is 15.6. The summed E-state index contributed by atoms with van der Waals surface area (Å²) < 4.78 is 5.98. The number of rotatable bonds is 0. The van der Waals surface area contributed by atoms with Crippen LogP contribution in [0.4, 0.5) is 0 Å². The van der Waals surface area contributed by atoms with Crippen molar-refractivity contribution in [2.75, 3.05) is 0 Å². The van der Waals surface area contributed by atoms with Gasteiger partial charge in [-0.2, -0.15) is 0 Å². The third kappa shape index (κ3) is 1.73. The first-order valence-corrected chi connectivity index (χ1v) is 6.73. The van der Waals surface area contributed by atoms with E-state index >= 15 is 0 Å². The fourth-order valence-electron chi connectivity index (χ4n) is 2.49. The molecule has 3 rings (SSSR count). The van der Waals surface area contributed by atoms with Crippen LogP contribution in [0.3, 0.4) is 0 Å². The molecule has 0 amide bonds. The molecule has 18 heavy (non-hydrogen) atoms. The summed E-state index contributed by atoms with van der Waals surface area (Å²) >= 11 is 8.74. The first kappa shape index (κ1) is 12.0. The lowest BCUT2D eigenvalue weighted by Gasteiger charge is -2.34. The van der Waals surface area contributed by atoms with Gasteiger partial charge in [-0.3, -0.25) is 0 Å². The van der Waals surface area contributed by atoms with Gasteiger partial charge in [0.15, 0.2) is 0 Å². The van der Waals surface area contributed by atoms with Gasteiger partial charge in [0.25, 0.3) is 0 Å². The molecule has 0 fully saturated rings. The molecule has 2 aromatic carbocycles. The van der Waals surface area contributed by atoms with Crippen LogP contribution in [-0.2, 0) is 5.41 Å². The van der Waals surface area contributed by atoms with Gasteiger partial charge in [0.1, 0.15) is 11.5 Å². The molecule has 0 saturated heterocycles. The van der Waals surface area contributed by atoms with Crippen LogP contribution in [0.15, 0.2) is 46.2 Å². The van der Waals surface area contributed by atoms with E-state index in [9.17, 15) is 0 Å². The minimum absolute atomic E-state index is 0.0636. The van der Waals surface area contributed by atoms with Gasteiger partial charge >= 0.3 is 0 Å². The van der Waals surface area contributed by atoms with E-state index in [2.05, 4.69) is 51.2 Å². The second-order valence-corrected chi connectivity index (χ2v) is 6.12. The largest absolute Gasteiger partial charge is 0.457 e. The van der Waals surface area contributed by atoms with Crippen LogP contribution in [0.1, 0.15) is 25.0 Å². The molecular formula is C15H14OS2. The van der Waals surface area contributed by atoms with E-state index in [-0.39, 0.29) is 5.41 Å². The maximum Gasteiger partial charge on any atom is 0.132 e. The maximum absolute atomic E-state index is 5.98. The van der Waals surface area contributed by atoms with Crippen LogP contribution in [0.25, 0.3) is 0 Å². The second-order valence-electron chi connectivity index (χ2n) is 5.09. The van der Waals surface area contributed by atoms with Crippen molar-refractivity contribution in [3.8, 4) is 11.5 Å². The summed E-state index contributed by atoms with van der Waals surface area (Å²) in [6.45, 7) is 4.42. The van der Waals surface area contributed by atoms with E-state index < -0.39 is 0 Å². The monoisotopic (exact) mass is 274 g/mol. The molecule has 0 aromatic heterocycles. The Bertz CT molecular complexity index is 579. The Morgan fingerprint density at radius 1 is 0.833 bits per heavy atom. The Labute approximate surface area is 118 Å². The highest BCUT2D eigenvalue weighted by molar-refractivity contribution is 7.80. The molecule has 1 aliphatic rings. The minimum atomic E-state index is -0.0636. The Kier molecular flexibility index (Phi) is 2.65. The van der Waals surface area contributed by atoms with E-state index in [0.29, 0.717) is 0 Å². The molecule has 0 N–H and O–H groups in total. The lowest BCUT2D eigenvalue weighted by molar-refractivity contribution is 0.415. The molecule has 1 aliphatic heterocycles. The number of ether oxygens (including phenoxy) is 1. The maximum atomic E-state index is 5.98. The summed E-state index contributed by atoms with van der Waals surface area (Å²) in [7, 11) is 0. The average molecular weight is 274 g/mol. The van der Waals surface area contributed by atoms with Crippen molar-refractivity contribution in [2.24, 2.45) is 0 Å². The van der Waals surface area contributed by atoms with E-state index in [0.717, 1.165) is 21.3 Å². The lowest BCUT2D eigenvalue weighted by atomic mass is 9.76. The van der Waals surface area contributed by atoms with Gasteiger partial charge in [-0.1, -0.05) is 26.0 Å². The van der Waals surface area contributed by atoms with Crippen LogP contribution >= 0.6 is 25.3 Å². The molecule has 3 heteroatoms. The predicted octanol–water partition coefficient (Wildman–Crippen LogP) is 4.70. The molecule has 0 bridgehead atoms. The molecule has 0 saturated carbocycles. The van der Waals surface area contributed by atoms with Crippen molar-refractivity contribution in [1.82, 2.24) is 0 Å². The van der Waals surface area contributed by atoms with Crippen molar-refractivity contribution in [2.45, 2.75) is 29.1 Å². The van der Waals surface area contributed by atoms with Crippen LogP contribution < -0.4 is 4.74 Å². The zero-order chi connectivity index (χ0) is 12.9. The molecule has 1 heterocycles. The first-order valence-electron chi connectivity index (χ1n) is 5.83. The summed E-state index contributed by atoms with van der Waals surface area (Å²) in [5.74, 6) is 1.78. The van der Waals surface area contributed by atoms with E-state index in [4.69, 9.17) is 4.74 Å². The van der Waals surface area contributed by atoms with Gasteiger partial charge in [0, 0.05) is 26.3 Å². The van der Waals surface area contributed by atoms with Crippen LogP contribution in [-0.4, -0.2) is 0 Å². The first-order chi connectivity index (χ1) is 8.48. The molecule has 92 valence electrons. The van der Waals surface area contributed by atoms with Gasteiger partial charge in [0.05, 0.1) is 0 Å². The highest BCUT2D eigenvalue weighted by Crippen LogP contribution is 2.48. The molecule has 0 atom stereocenters. The fraction of sp³-hybridized carbons (Fsp3) is 0.200. The second kappa shape index (κ2) is 3.97. The van der Waals surface area contributed by atoms with Crippen molar-refractivity contribution in [3.63, 3.8) is 0 Å². The molecule has 0 aliphatic carbocycles. The molecule has 0 radical (unpaired) electrons. The number of hydrogen-bond acceptors (Lipinski definition) is 3. The Morgan fingerprint density at radius 2 is 1.28 bits per heavy atom. The lowest BCUT2D eigenvalue weighted by Crippen LogP contribution is -2.24. The number of hydrogen-bond donors (Lipinski definition) is 2. The van der Waals surface area contributed by atoms with Crippen LogP contribution in [0.5, 0.6) is 11.5 Å². The SMILES string of the molecule is CC1(C)c2ccc(S)cc2Oc2cc(S)ccc21. The quantitative estimate of drug-likeness (QED) is 0.662. The summed E-state index contributed by atoms with van der Waals surface area (Å²) in [6.07, 6.45) is 0. The summed E-state index contributed by atoms with van der Waals surface area (Å²) in [5.41, 5.74) is 2.32. The van der Waals surface area contributed by atoms with E-state index in [1.165, 1.54) is 11.1 Å². The molecule has 0 spiro atoms. The predicted molar refractivity (Wildman–Crippen MR) is 79.6 cm³/mol. The fourth-order valence-corrected chi connectivity index (χ4v) is 2.87. The smallest absolute Gasteiger partial charge is 0.132 e. The molecule has 1 nitrogen and oxygen atoms in total. The zero-order valence-electron chi connectivity index (χ0n) is 10.3. The van der Waals surface area contributed by atoms with Gasteiger partial charge in [0.2, 0.25) is 0 Å². The van der Waals surface area contributed by atoms with Crippen molar-refractivity contribution < 1.29 is 4.74 Å². The van der Waals surface area contributed by atoms with Gasteiger partial charge in [-0.15, -0.1) is 25.3 Å². The highest BCUT2D eigenvalue weighted by atomic mass is 32.1. The standard InChI is InChI=1S/C15H14OS2/c1-15(2)11-5-3-9(17)7-13(11)16-14-8-10(18)4-6-12(14)15/h3-8,17-18H,1-2H3. The number of benzene rings is 2. The van der Waals surface area contributed by atoms with Crippen molar-refractivity contribution in [3.05, 3.63) is 47.5 Å². The Morgan fingerprint density at radius 3 is 1.72 bits per heavy atom. The van der Waals surface area contributed by atoms with E-state index in [1.54, 1.807) is 0 Å². The Balaban J connectivity index is 2.25. The number of thiol groups is 2. The summed E-state index contributed by atoms with van der Waals surface area (Å²) in [5, 5.41) is 0. The Hall–Kier alpha value is -1.06.